The molecular formula is C12H12ClN3O. The van der Waals surface area contributed by atoms with E-state index >= 15 is 0 Å². The van der Waals surface area contributed by atoms with Gasteiger partial charge < -0.3 is 9.67 Å². The van der Waals surface area contributed by atoms with Crippen LogP contribution in [-0.2, 0) is 13.0 Å². The van der Waals surface area contributed by atoms with Gasteiger partial charge in [-0.3, -0.25) is 4.98 Å². The standard InChI is InChI=1S/C12H12ClN3O/c13-11-10-7-9(17)3-6-16(10)12(15-11)8-1-4-14-5-2-8/h1-2,4-5,9,17H,3,6-7H2. The average Bonchev–Trinajstić information content (AvgIpc) is 2.68. The van der Waals surface area contributed by atoms with Crippen LogP contribution in [0.5, 0.6) is 0 Å². The van der Waals surface area contributed by atoms with Crippen LogP contribution < -0.4 is 0 Å². The van der Waals surface area contributed by atoms with Crippen molar-refractivity contribution in [3.05, 3.63) is 35.4 Å². The van der Waals surface area contributed by atoms with Gasteiger partial charge in [0.05, 0.1) is 11.8 Å². The maximum Gasteiger partial charge on any atom is 0.151 e. The van der Waals surface area contributed by atoms with Crippen LogP contribution in [0.1, 0.15) is 12.1 Å². The van der Waals surface area contributed by atoms with E-state index in [1.54, 1.807) is 12.4 Å². The molecule has 1 N–H and O–H groups in total. The maximum absolute atomic E-state index is 9.65. The van der Waals surface area contributed by atoms with Gasteiger partial charge in [0.1, 0.15) is 5.82 Å². The van der Waals surface area contributed by atoms with Gasteiger partial charge in [0.2, 0.25) is 0 Å². The second-order valence-electron chi connectivity index (χ2n) is 4.21. The van der Waals surface area contributed by atoms with Crippen molar-refractivity contribution in [3.63, 3.8) is 0 Å². The Morgan fingerprint density at radius 3 is 2.88 bits per heavy atom. The average molecular weight is 250 g/mol. The van der Waals surface area contributed by atoms with Crippen LogP contribution in [0, 0.1) is 0 Å². The normalized spacial score (nSPS) is 19.1. The highest BCUT2D eigenvalue weighted by atomic mass is 35.5. The molecule has 5 heteroatoms. The molecule has 3 heterocycles. The summed E-state index contributed by atoms with van der Waals surface area (Å²) in [7, 11) is 0. The highest BCUT2D eigenvalue weighted by molar-refractivity contribution is 6.30. The summed E-state index contributed by atoms with van der Waals surface area (Å²) >= 11 is 6.12. The van der Waals surface area contributed by atoms with Gasteiger partial charge in [-0.2, -0.15) is 0 Å². The van der Waals surface area contributed by atoms with E-state index in [9.17, 15) is 5.11 Å². The maximum atomic E-state index is 9.65. The number of pyridine rings is 1. The minimum Gasteiger partial charge on any atom is -0.393 e. The predicted molar refractivity (Wildman–Crippen MR) is 64.8 cm³/mol. The SMILES string of the molecule is OC1CCn2c(-c3ccncc3)nc(Cl)c2C1. The Balaban J connectivity index is 2.11. The van der Waals surface area contributed by atoms with Crippen molar-refractivity contribution in [2.75, 3.05) is 0 Å². The van der Waals surface area contributed by atoms with E-state index in [-0.39, 0.29) is 6.10 Å². The molecule has 0 saturated heterocycles. The summed E-state index contributed by atoms with van der Waals surface area (Å²) in [4.78, 5) is 8.38. The molecule has 0 spiro atoms. The lowest BCUT2D eigenvalue weighted by molar-refractivity contribution is 0.144. The van der Waals surface area contributed by atoms with E-state index in [1.807, 2.05) is 12.1 Å². The molecule has 0 fully saturated rings. The summed E-state index contributed by atoms with van der Waals surface area (Å²) in [6, 6.07) is 3.83. The van der Waals surface area contributed by atoms with Crippen molar-refractivity contribution in [1.82, 2.24) is 14.5 Å². The molecule has 0 saturated carbocycles. The van der Waals surface area contributed by atoms with E-state index in [0.717, 1.165) is 30.0 Å². The second-order valence-corrected chi connectivity index (χ2v) is 4.57. The minimum absolute atomic E-state index is 0.304. The predicted octanol–water partition coefficient (Wildman–Crippen LogP) is 1.91. The monoisotopic (exact) mass is 249 g/mol. The van der Waals surface area contributed by atoms with Crippen LogP contribution in [0.15, 0.2) is 24.5 Å². The van der Waals surface area contributed by atoms with Gasteiger partial charge in [0.25, 0.3) is 0 Å². The Bertz CT molecular complexity index is 538. The van der Waals surface area contributed by atoms with Gasteiger partial charge in [0.15, 0.2) is 5.15 Å². The molecule has 1 unspecified atom stereocenters. The number of imidazole rings is 1. The summed E-state index contributed by atoms with van der Waals surface area (Å²) in [5.41, 5.74) is 1.93. The topological polar surface area (TPSA) is 50.9 Å². The van der Waals surface area contributed by atoms with Crippen LogP contribution >= 0.6 is 11.6 Å². The van der Waals surface area contributed by atoms with Crippen LogP contribution in [0.2, 0.25) is 5.15 Å². The first-order chi connectivity index (χ1) is 8.25. The number of nitrogens with zero attached hydrogens (tertiary/aromatic N) is 3. The molecule has 0 bridgehead atoms. The zero-order chi connectivity index (χ0) is 11.8. The third-order valence-corrected chi connectivity index (χ3v) is 3.38. The number of halogens is 1. The molecule has 1 atom stereocenters. The summed E-state index contributed by atoms with van der Waals surface area (Å²) in [5.74, 6) is 0.860. The van der Waals surface area contributed by atoms with Crippen LogP contribution in [-0.4, -0.2) is 25.7 Å². The smallest absolute Gasteiger partial charge is 0.151 e. The Hall–Kier alpha value is -1.39. The molecule has 3 rings (SSSR count). The molecule has 0 amide bonds. The third kappa shape index (κ3) is 1.83. The molecule has 88 valence electrons. The lowest BCUT2D eigenvalue weighted by Crippen LogP contribution is -2.23. The lowest BCUT2D eigenvalue weighted by atomic mass is 10.1. The van der Waals surface area contributed by atoms with E-state index in [1.165, 1.54) is 0 Å². The number of aliphatic hydroxyl groups is 1. The molecule has 1 aliphatic heterocycles. The highest BCUT2D eigenvalue weighted by Crippen LogP contribution is 2.29. The fourth-order valence-electron chi connectivity index (χ4n) is 2.22. The fourth-order valence-corrected chi connectivity index (χ4v) is 2.48. The minimum atomic E-state index is -0.304. The van der Waals surface area contributed by atoms with Crippen molar-refractivity contribution >= 4 is 11.6 Å². The Morgan fingerprint density at radius 1 is 1.35 bits per heavy atom. The van der Waals surface area contributed by atoms with E-state index in [0.29, 0.717) is 11.6 Å². The fraction of sp³-hybridized carbons (Fsp3) is 0.333. The Labute approximate surface area is 104 Å². The zero-order valence-electron chi connectivity index (χ0n) is 9.17. The summed E-state index contributed by atoms with van der Waals surface area (Å²) < 4.78 is 2.09. The largest absolute Gasteiger partial charge is 0.393 e. The number of hydrogen-bond acceptors (Lipinski definition) is 3. The van der Waals surface area contributed by atoms with Crippen LogP contribution in [0.3, 0.4) is 0 Å². The number of hydrogen-bond donors (Lipinski definition) is 1. The van der Waals surface area contributed by atoms with Gasteiger partial charge in [-0.05, 0) is 18.6 Å². The summed E-state index contributed by atoms with van der Waals surface area (Å²) in [5, 5.41) is 10.1. The Morgan fingerprint density at radius 2 is 2.12 bits per heavy atom. The number of aromatic nitrogens is 3. The molecule has 0 radical (unpaired) electrons. The molecule has 1 aliphatic rings. The van der Waals surface area contributed by atoms with Crippen LogP contribution in [0.4, 0.5) is 0 Å². The van der Waals surface area contributed by atoms with E-state index in [4.69, 9.17) is 11.6 Å². The third-order valence-electron chi connectivity index (χ3n) is 3.08. The molecule has 0 aliphatic carbocycles. The van der Waals surface area contributed by atoms with Crippen LogP contribution in [0.25, 0.3) is 11.4 Å². The summed E-state index contributed by atoms with van der Waals surface area (Å²) in [6.45, 7) is 0.758. The molecule has 2 aromatic heterocycles. The first-order valence-corrected chi connectivity index (χ1v) is 5.97. The number of rotatable bonds is 1. The van der Waals surface area contributed by atoms with Gasteiger partial charge in [-0.1, -0.05) is 11.6 Å². The first kappa shape index (κ1) is 10.7. The molecule has 17 heavy (non-hydrogen) atoms. The Kier molecular flexibility index (Phi) is 2.61. The van der Waals surface area contributed by atoms with Gasteiger partial charge in [0, 0.05) is 30.9 Å². The first-order valence-electron chi connectivity index (χ1n) is 5.59. The molecular weight excluding hydrogens is 238 g/mol. The molecule has 0 aromatic carbocycles. The van der Waals surface area contributed by atoms with E-state index in [2.05, 4.69) is 14.5 Å². The van der Waals surface area contributed by atoms with Gasteiger partial charge in [-0.25, -0.2) is 4.98 Å². The zero-order valence-corrected chi connectivity index (χ0v) is 9.93. The van der Waals surface area contributed by atoms with Crippen molar-refractivity contribution < 1.29 is 5.11 Å². The summed E-state index contributed by atoms with van der Waals surface area (Å²) in [6.07, 6.45) is 4.50. The van der Waals surface area contributed by atoms with Gasteiger partial charge in [-0.15, -0.1) is 0 Å². The van der Waals surface area contributed by atoms with Crippen molar-refractivity contribution in [3.8, 4) is 11.4 Å². The van der Waals surface area contributed by atoms with Crippen molar-refractivity contribution in [2.45, 2.75) is 25.5 Å². The van der Waals surface area contributed by atoms with Gasteiger partial charge >= 0.3 is 0 Å². The number of fused-ring (bicyclic) bond motifs is 1. The lowest BCUT2D eigenvalue weighted by Gasteiger charge is -2.21. The molecule has 4 nitrogen and oxygen atoms in total. The van der Waals surface area contributed by atoms with Crippen molar-refractivity contribution in [2.24, 2.45) is 0 Å². The number of aliphatic hydroxyl groups excluding tert-OH is 1. The highest BCUT2D eigenvalue weighted by Gasteiger charge is 2.23. The molecule has 2 aromatic rings. The second kappa shape index (κ2) is 4.13. The van der Waals surface area contributed by atoms with Crippen molar-refractivity contribution in [1.29, 1.82) is 0 Å². The quantitative estimate of drug-likeness (QED) is 0.840. The van der Waals surface area contributed by atoms with E-state index < -0.39 is 0 Å².